The fourth-order valence-electron chi connectivity index (χ4n) is 3.96. The molecule has 2 aromatic carbocycles. The summed E-state index contributed by atoms with van der Waals surface area (Å²) in [5, 5.41) is 2.23. The summed E-state index contributed by atoms with van der Waals surface area (Å²) in [7, 11) is -3.86. The Hall–Kier alpha value is -2.71. The number of hydrogen-bond donors (Lipinski definition) is 1. The van der Waals surface area contributed by atoms with Crippen LogP contribution in [0.1, 0.15) is 41.1 Å². The van der Waals surface area contributed by atoms with Crippen LogP contribution in [0.2, 0.25) is 0 Å². The highest BCUT2D eigenvalue weighted by atomic mass is 32.2. The minimum Gasteiger partial charge on any atom is -0.366 e. The molecule has 29 heavy (non-hydrogen) atoms. The number of nitrogens with two attached hydrogens (primary N) is 1. The molecule has 150 valence electrons. The van der Waals surface area contributed by atoms with Crippen LogP contribution in [0.4, 0.5) is 5.13 Å². The predicted molar refractivity (Wildman–Crippen MR) is 114 cm³/mol. The van der Waals surface area contributed by atoms with Crippen LogP contribution in [0, 0.1) is 0 Å². The third kappa shape index (κ3) is 3.77. The van der Waals surface area contributed by atoms with Crippen molar-refractivity contribution in [2.45, 2.75) is 36.1 Å². The van der Waals surface area contributed by atoms with Gasteiger partial charge in [0, 0.05) is 23.1 Å². The molecule has 8 heteroatoms. The van der Waals surface area contributed by atoms with Crippen LogP contribution < -0.4 is 10.0 Å². The van der Waals surface area contributed by atoms with Crippen molar-refractivity contribution in [1.82, 2.24) is 4.98 Å². The highest BCUT2D eigenvalue weighted by molar-refractivity contribution is 7.93. The third-order valence-electron chi connectivity index (χ3n) is 5.31. The number of benzene rings is 2. The van der Waals surface area contributed by atoms with Gasteiger partial charge in [0.1, 0.15) is 0 Å². The van der Waals surface area contributed by atoms with Crippen LogP contribution in [-0.2, 0) is 10.0 Å². The van der Waals surface area contributed by atoms with Gasteiger partial charge in [0.05, 0.1) is 10.9 Å². The van der Waals surface area contributed by atoms with E-state index in [9.17, 15) is 13.2 Å². The monoisotopic (exact) mass is 427 g/mol. The Morgan fingerprint density at radius 2 is 1.79 bits per heavy atom. The second kappa shape index (κ2) is 7.96. The molecule has 0 bridgehead atoms. The van der Waals surface area contributed by atoms with Gasteiger partial charge in [-0.15, -0.1) is 11.3 Å². The molecule has 4 rings (SSSR count). The van der Waals surface area contributed by atoms with E-state index < -0.39 is 15.9 Å². The minimum atomic E-state index is -3.86. The number of aromatic nitrogens is 1. The summed E-state index contributed by atoms with van der Waals surface area (Å²) >= 11 is 1.31. The van der Waals surface area contributed by atoms with E-state index in [1.165, 1.54) is 39.9 Å². The van der Waals surface area contributed by atoms with Gasteiger partial charge in [0.25, 0.3) is 10.0 Å². The van der Waals surface area contributed by atoms with Gasteiger partial charge < -0.3 is 5.73 Å². The second-order valence-corrected chi connectivity index (χ2v) is 9.71. The van der Waals surface area contributed by atoms with Gasteiger partial charge in [0.2, 0.25) is 5.91 Å². The fourth-order valence-corrected chi connectivity index (χ4v) is 6.56. The number of anilines is 1. The lowest BCUT2D eigenvalue weighted by Gasteiger charge is -2.32. The van der Waals surface area contributed by atoms with Crippen molar-refractivity contribution in [3.63, 3.8) is 0 Å². The van der Waals surface area contributed by atoms with Crippen LogP contribution in [0.5, 0.6) is 0 Å². The summed E-state index contributed by atoms with van der Waals surface area (Å²) < 4.78 is 28.8. The summed E-state index contributed by atoms with van der Waals surface area (Å²) in [5.41, 5.74) is 6.69. The lowest BCUT2D eigenvalue weighted by molar-refractivity contribution is 0.1000. The molecule has 1 fully saturated rings. The quantitative estimate of drug-likeness (QED) is 0.648. The van der Waals surface area contributed by atoms with E-state index >= 15 is 0 Å². The van der Waals surface area contributed by atoms with E-state index in [-0.39, 0.29) is 22.4 Å². The topological polar surface area (TPSA) is 93.4 Å². The first-order chi connectivity index (χ1) is 14.0. The zero-order valence-electron chi connectivity index (χ0n) is 15.6. The molecule has 0 aliphatic heterocycles. The molecule has 1 aliphatic rings. The van der Waals surface area contributed by atoms with Gasteiger partial charge in [-0.3, -0.25) is 4.79 Å². The van der Waals surface area contributed by atoms with Crippen molar-refractivity contribution in [1.29, 1.82) is 0 Å². The molecule has 1 heterocycles. The van der Waals surface area contributed by atoms with E-state index in [2.05, 4.69) is 17.1 Å². The Morgan fingerprint density at radius 3 is 2.41 bits per heavy atom. The van der Waals surface area contributed by atoms with Crippen LogP contribution in [0.25, 0.3) is 0 Å². The zero-order valence-corrected chi connectivity index (χ0v) is 17.3. The number of amides is 1. The van der Waals surface area contributed by atoms with Crippen molar-refractivity contribution >= 4 is 32.4 Å². The summed E-state index contributed by atoms with van der Waals surface area (Å²) in [6.45, 7) is 0. The normalized spacial score (nSPS) is 19.2. The number of rotatable bonds is 6. The molecule has 1 aromatic heterocycles. The minimum absolute atomic E-state index is 0.0970. The molecule has 2 atom stereocenters. The van der Waals surface area contributed by atoms with Crippen LogP contribution >= 0.6 is 11.3 Å². The lowest BCUT2D eigenvalue weighted by Crippen LogP contribution is -2.41. The molecule has 0 unspecified atom stereocenters. The molecule has 1 saturated carbocycles. The Balaban J connectivity index is 1.77. The Labute approximate surface area is 174 Å². The van der Waals surface area contributed by atoms with Crippen molar-refractivity contribution in [2.75, 3.05) is 4.31 Å². The van der Waals surface area contributed by atoms with E-state index in [1.807, 2.05) is 18.2 Å². The first-order valence-electron chi connectivity index (χ1n) is 9.37. The standard InChI is InChI=1S/C21H21N3O3S2/c22-20(25)16-9-11-17(12-10-16)29(26,27)24(21-23-13-14-28-21)19-8-4-7-18(19)15-5-2-1-3-6-15/h1-3,5-6,9-14,18-19H,4,7-8H2,(H2,22,25)/t18-,19-/m1/s1. The first-order valence-corrected chi connectivity index (χ1v) is 11.7. The SMILES string of the molecule is NC(=O)c1ccc(S(=O)(=O)N(c2nccs2)[C@@H]2CCC[C@@H]2c2ccccc2)cc1. The van der Waals surface area contributed by atoms with Crippen molar-refractivity contribution < 1.29 is 13.2 Å². The van der Waals surface area contributed by atoms with Gasteiger partial charge in [-0.1, -0.05) is 36.8 Å². The Kier molecular flexibility index (Phi) is 5.38. The molecular formula is C21H21N3O3S2. The average molecular weight is 428 g/mol. The van der Waals surface area contributed by atoms with E-state index in [0.717, 1.165) is 24.8 Å². The van der Waals surface area contributed by atoms with Crippen molar-refractivity contribution in [3.05, 3.63) is 77.3 Å². The summed E-state index contributed by atoms with van der Waals surface area (Å²) in [5.74, 6) is -0.495. The van der Waals surface area contributed by atoms with Gasteiger partial charge in [0.15, 0.2) is 5.13 Å². The fraction of sp³-hybridized carbons (Fsp3) is 0.238. The molecular weight excluding hydrogens is 406 g/mol. The van der Waals surface area contributed by atoms with E-state index in [1.54, 1.807) is 11.6 Å². The highest BCUT2D eigenvalue weighted by Gasteiger charge is 2.41. The Morgan fingerprint density at radius 1 is 1.07 bits per heavy atom. The van der Waals surface area contributed by atoms with Crippen molar-refractivity contribution in [2.24, 2.45) is 5.73 Å². The second-order valence-electron chi connectivity index (χ2n) is 7.02. The molecule has 6 nitrogen and oxygen atoms in total. The first kappa shape index (κ1) is 19.6. The van der Waals surface area contributed by atoms with Gasteiger partial charge in [-0.25, -0.2) is 17.7 Å². The van der Waals surface area contributed by atoms with E-state index in [0.29, 0.717) is 5.13 Å². The van der Waals surface area contributed by atoms with Crippen LogP contribution in [0.3, 0.4) is 0 Å². The number of nitrogens with zero attached hydrogens (tertiary/aromatic N) is 2. The molecule has 1 amide bonds. The highest BCUT2D eigenvalue weighted by Crippen LogP contribution is 2.42. The van der Waals surface area contributed by atoms with Crippen LogP contribution in [0.15, 0.2) is 71.1 Å². The van der Waals surface area contributed by atoms with E-state index in [4.69, 9.17) is 5.73 Å². The van der Waals surface area contributed by atoms with Gasteiger partial charge in [-0.05, 0) is 42.7 Å². The maximum Gasteiger partial charge on any atom is 0.266 e. The largest absolute Gasteiger partial charge is 0.366 e. The average Bonchev–Trinajstić information content (AvgIpc) is 3.42. The molecule has 0 saturated heterocycles. The maximum atomic E-state index is 13.7. The lowest BCUT2D eigenvalue weighted by atomic mass is 9.94. The number of thiazole rings is 1. The number of carbonyl (C=O) groups is 1. The zero-order chi connectivity index (χ0) is 20.4. The number of sulfonamides is 1. The number of primary amides is 1. The summed E-state index contributed by atoms with van der Waals surface area (Å²) in [6.07, 6.45) is 4.25. The molecule has 0 spiro atoms. The Bertz CT molecular complexity index is 1080. The summed E-state index contributed by atoms with van der Waals surface area (Å²) in [6, 6.07) is 15.6. The third-order valence-corrected chi connectivity index (χ3v) is 8.03. The molecule has 1 aliphatic carbocycles. The summed E-state index contributed by atoms with van der Waals surface area (Å²) in [4.78, 5) is 15.8. The van der Waals surface area contributed by atoms with Crippen molar-refractivity contribution in [3.8, 4) is 0 Å². The van der Waals surface area contributed by atoms with Gasteiger partial charge in [-0.2, -0.15) is 0 Å². The smallest absolute Gasteiger partial charge is 0.266 e. The molecule has 2 N–H and O–H groups in total. The number of hydrogen-bond acceptors (Lipinski definition) is 5. The van der Waals surface area contributed by atoms with Gasteiger partial charge >= 0.3 is 0 Å². The van der Waals surface area contributed by atoms with Crippen LogP contribution in [-0.4, -0.2) is 25.4 Å². The molecule has 3 aromatic rings. The maximum absolute atomic E-state index is 13.7. The predicted octanol–water partition coefficient (Wildman–Crippen LogP) is 3.77. The number of carbonyl (C=O) groups excluding carboxylic acids is 1. The molecule has 0 radical (unpaired) electrons.